The van der Waals surface area contributed by atoms with E-state index in [0.717, 1.165) is 0 Å². The van der Waals surface area contributed by atoms with E-state index in [-0.39, 0.29) is 22.3 Å². The first-order valence-corrected chi connectivity index (χ1v) is 7.65. The highest BCUT2D eigenvalue weighted by atomic mass is 35.5. The molecule has 0 aliphatic carbocycles. The highest BCUT2D eigenvalue weighted by Crippen LogP contribution is 2.19. The van der Waals surface area contributed by atoms with Crippen LogP contribution in [0.5, 0.6) is 0 Å². The second-order valence-corrected chi connectivity index (χ2v) is 6.21. The first kappa shape index (κ1) is 15.6. The molecule has 1 aromatic carbocycles. The summed E-state index contributed by atoms with van der Waals surface area (Å²) in [4.78, 5) is 3.74. The summed E-state index contributed by atoms with van der Waals surface area (Å²) in [5.41, 5.74) is 2.74. The number of benzene rings is 1. The average Bonchev–Trinajstić information content (AvgIpc) is 2.48. The number of hydrogen-bond acceptors (Lipinski definition) is 5. The third-order valence-electron chi connectivity index (χ3n) is 2.65. The maximum absolute atomic E-state index is 13.0. The molecule has 0 radical (unpaired) electrons. The molecule has 1 aromatic heterocycles. The highest BCUT2D eigenvalue weighted by molar-refractivity contribution is 7.89. The van der Waals surface area contributed by atoms with E-state index < -0.39 is 15.8 Å². The number of nitrogens with one attached hydrogen (secondary N) is 2. The van der Waals surface area contributed by atoms with Crippen LogP contribution >= 0.6 is 11.6 Å². The average molecular weight is 331 g/mol. The van der Waals surface area contributed by atoms with E-state index in [1.807, 2.05) is 0 Å². The zero-order valence-electron chi connectivity index (χ0n) is 10.7. The van der Waals surface area contributed by atoms with Gasteiger partial charge in [0.15, 0.2) is 5.82 Å². The molecule has 0 spiro atoms. The standard InChI is InChI=1S/C12H12ClFN4O2S/c13-9-6-8(3-4-10(9)14)7-17-21(19,20)11-2-1-5-16-12(11)18-15/h1-6,17H,7,15H2,(H,16,18). The minimum Gasteiger partial charge on any atom is -0.307 e. The van der Waals surface area contributed by atoms with Crippen LogP contribution in [-0.2, 0) is 16.6 Å². The van der Waals surface area contributed by atoms with Crippen LogP contribution in [0.3, 0.4) is 0 Å². The van der Waals surface area contributed by atoms with E-state index in [4.69, 9.17) is 17.4 Å². The molecule has 0 unspecified atom stereocenters. The van der Waals surface area contributed by atoms with Crippen molar-refractivity contribution in [2.24, 2.45) is 5.84 Å². The molecule has 0 bridgehead atoms. The highest BCUT2D eigenvalue weighted by Gasteiger charge is 2.18. The molecule has 112 valence electrons. The van der Waals surface area contributed by atoms with Gasteiger partial charge in [-0.3, -0.25) is 0 Å². The minimum absolute atomic E-state index is 0.0298. The number of rotatable bonds is 5. The second kappa shape index (κ2) is 6.35. The summed E-state index contributed by atoms with van der Waals surface area (Å²) >= 11 is 5.64. The zero-order valence-corrected chi connectivity index (χ0v) is 12.2. The van der Waals surface area contributed by atoms with Crippen molar-refractivity contribution < 1.29 is 12.8 Å². The van der Waals surface area contributed by atoms with E-state index in [0.29, 0.717) is 5.56 Å². The third-order valence-corrected chi connectivity index (χ3v) is 4.37. The topological polar surface area (TPSA) is 97.1 Å². The fourth-order valence-electron chi connectivity index (χ4n) is 1.62. The van der Waals surface area contributed by atoms with E-state index >= 15 is 0 Å². The quantitative estimate of drug-likeness (QED) is 0.572. The van der Waals surface area contributed by atoms with E-state index in [9.17, 15) is 12.8 Å². The number of aromatic nitrogens is 1. The maximum Gasteiger partial charge on any atom is 0.244 e. The van der Waals surface area contributed by atoms with Gasteiger partial charge in [-0.1, -0.05) is 17.7 Å². The molecule has 0 saturated heterocycles. The van der Waals surface area contributed by atoms with Gasteiger partial charge in [0.25, 0.3) is 0 Å². The van der Waals surface area contributed by atoms with Crippen molar-refractivity contribution in [3.63, 3.8) is 0 Å². The van der Waals surface area contributed by atoms with Crippen molar-refractivity contribution in [3.8, 4) is 0 Å². The van der Waals surface area contributed by atoms with Gasteiger partial charge in [-0.05, 0) is 29.8 Å². The van der Waals surface area contributed by atoms with Crippen molar-refractivity contribution in [3.05, 3.63) is 52.9 Å². The number of sulfonamides is 1. The van der Waals surface area contributed by atoms with Gasteiger partial charge in [0, 0.05) is 12.7 Å². The smallest absolute Gasteiger partial charge is 0.244 e. The zero-order chi connectivity index (χ0) is 15.5. The van der Waals surface area contributed by atoms with Crippen molar-refractivity contribution in [1.29, 1.82) is 0 Å². The number of nitrogens with two attached hydrogens (primary N) is 1. The summed E-state index contributed by atoms with van der Waals surface area (Å²) < 4.78 is 39.8. The number of hydrazine groups is 1. The van der Waals surface area contributed by atoms with Gasteiger partial charge in [-0.2, -0.15) is 0 Å². The molecular formula is C12H12ClFN4O2S. The SMILES string of the molecule is NNc1ncccc1S(=O)(=O)NCc1ccc(F)c(Cl)c1. The van der Waals surface area contributed by atoms with Crippen molar-refractivity contribution in [1.82, 2.24) is 9.71 Å². The maximum atomic E-state index is 13.0. The van der Waals surface area contributed by atoms with E-state index in [1.165, 1.54) is 36.5 Å². The molecule has 6 nitrogen and oxygen atoms in total. The molecule has 0 amide bonds. The summed E-state index contributed by atoms with van der Waals surface area (Å²) in [6.45, 7) is -0.0404. The summed E-state index contributed by atoms with van der Waals surface area (Å²) in [5.74, 6) is 4.69. The Hall–Kier alpha value is -1.74. The lowest BCUT2D eigenvalue weighted by Gasteiger charge is -2.10. The van der Waals surface area contributed by atoms with Crippen molar-refractivity contribution in [2.75, 3.05) is 5.43 Å². The number of anilines is 1. The van der Waals surface area contributed by atoms with Crippen molar-refractivity contribution in [2.45, 2.75) is 11.4 Å². The summed E-state index contributed by atoms with van der Waals surface area (Å²) in [7, 11) is -3.82. The van der Waals surface area contributed by atoms with Crippen LogP contribution in [0.1, 0.15) is 5.56 Å². The van der Waals surface area contributed by atoms with Gasteiger partial charge in [0.1, 0.15) is 10.7 Å². The van der Waals surface area contributed by atoms with Gasteiger partial charge in [-0.25, -0.2) is 28.4 Å². The monoisotopic (exact) mass is 330 g/mol. The van der Waals surface area contributed by atoms with Crippen molar-refractivity contribution >= 4 is 27.4 Å². The van der Waals surface area contributed by atoms with Gasteiger partial charge < -0.3 is 5.43 Å². The number of hydrogen-bond donors (Lipinski definition) is 3. The molecule has 0 fully saturated rings. The molecule has 1 heterocycles. The Kier molecular flexibility index (Phi) is 4.73. The Labute approximate surface area is 126 Å². The second-order valence-electron chi connectivity index (χ2n) is 4.07. The van der Waals surface area contributed by atoms with Gasteiger partial charge in [0.2, 0.25) is 10.0 Å². The van der Waals surface area contributed by atoms with Crippen LogP contribution in [0.4, 0.5) is 10.2 Å². The fourth-order valence-corrected chi connectivity index (χ4v) is 2.96. The van der Waals surface area contributed by atoms with Crippen LogP contribution in [-0.4, -0.2) is 13.4 Å². The summed E-state index contributed by atoms with van der Waals surface area (Å²) in [6.07, 6.45) is 1.41. The lowest BCUT2D eigenvalue weighted by molar-refractivity contribution is 0.581. The third kappa shape index (κ3) is 3.67. The normalized spacial score (nSPS) is 11.4. The number of nitrogens with zero attached hydrogens (tertiary/aromatic N) is 1. The first-order chi connectivity index (χ1) is 9.94. The van der Waals surface area contributed by atoms with Gasteiger partial charge >= 0.3 is 0 Å². The predicted octanol–water partition coefficient (Wildman–Crippen LogP) is 1.64. The molecule has 2 aromatic rings. The van der Waals surface area contributed by atoms with Crippen LogP contribution in [0.2, 0.25) is 5.02 Å². The Morgan fingerprint density at radius 3 is 2.76 bits per heavy atom. The van der Waals surface area contributed by atoms with Crippen LogP contribution in [0.25, 0.3) is 0 Å². The lowest BCUT2D eigenvalue weighted by Crippen LogP contribution is -2.25. The number of nitrogen functional groups attached to an aromatic ring is 1. The van der Waals surface area contributed by atoms with Crippen LogP contribution in [0.15, 0.2) is 41.4 Å². The fraction of sp³-hybridized carbons (Fsp3) is 0.0833. The molecule has 21 heavy (non-hydrogen) atoms. The molecule has 9 heteroatoms. The number of halogens is 2. The molecule has 0 atom stereocenters. The Morgan fingerprint density at radius 2 is 2.10 bits per heavy atom. The largest absolute Gasteiger partial charge is 0.307 e. The predicted molar refractivity (Wildman–Crippen MR) is 77.5 cm³/mol. The van der Waals surface area contributed by atoms with Crippen LogP contribution < -0.4 is 16.0 Å². The molecule has 0 saturated carbocycles. The van der Waals surface area contributed by atoms with E-state index in [2.05, 4.69) is 15.1 Å². The molecule has 0 aliphatic heterocycles. The van der Waals surface area contributed by atoms with Gasteiger partial charge in [0.05, 0.1) is 5.02 Å². The molecule has 2 rings (SSSR count). The Morgan fingerprint density at radius 1 is 1.33 bits per heavy atom. The lowest BCUT2D eigenvalue weighted by atomic mass is 10.2. The minimum atomic E-state index is -3.82. The first-order valence-electron chi connectivity index (χ1n) is 5.79. The van der Waals surface area contributed by atoms with Gasteiger partial charge in [-0.15, -0.1) is 0 Å². The van der Waals surface area contributed by atoms with E-state index in [1.54, 1.807) is 0 Å². The van der Waals surface area contributed by atoms with Crippen LogP contribution in [0, 0.1) is 5.82 Å². The molecule has 4 N–H and O–H groups in total. The Balaban J connectivity index is 2.20. The molecule has 0 aliphatic rings. The Bertz CT molecular complexity index is 755. The summed E-state index contributed by atoms with van der Waals surface area (Å²) in [5, 5.41) is -0.0719. The number of pyridine rings is 1. The molecular weight excluding hydrogens is 319 g/mol. The summed E-state index contributed by atoms with van der Waals surface area (Å²) in [6, 6.07) is 6.80.